The van der Waals surface area contributed by atoms with Crippen molar-refractivity contribution in [3.8, 4) is 11.3 Å². The number of fused-ring (bicyclic) bond motifs is 8. The van der Waals surface area contributed by atoms with Gasteiger partial charge in [-0.1, -0.05) is 6.07 Å². The van der Waals surface area contributed by atoms with E-state index in [0.29, 0.717) is 23.8 Å². The maximum atomic E-state index is 12.8. The lowest BCUT2D eigenvalue weighted by Crippen LogP contribution is -2.32. The minimum absolute atomic E-state index is 0.198. The van der Waals surface area contributed by atoms with Gasteiger partial charge in [-0.15, -0.1) is 0 Å². The van der Waals surface area contributed by atoms with Crippen molar-refractivity contribution in [2.24, 2.45) is 13.0 Å². The van der Waals surface area contributed by atoms with E-state index in [1.165, 1.54) is 4.68 Å². The van der Waals surface area contributed by atoms with Crippen LogP contribution in [0, 0.1) is 5.92 Å². The van der Waals surface area contributed by atoms with Gasteiger partial charge in [-0.3, -0.25) is 19.0 Å². The van der Waals surface area contributed by atoms with Crippen LogP contribution in [0.25, 0.3) is 11.3 Å². The number of aromatic nitrogens is 5. The van der Waals surface area contributed by atoms with E-state index in [1.54, 1.807) is 31.6 Å². The van der Waals surface area contributed by atoms with Crippen LogP contribution in [0.15, 0.2) is 36.8 Å². The highest BCUT2D eigenvalue weighted by Gasteiger charge is 2.25. The van der Waals surface area contributed by atoms with E-state index in [2.05, 4.69) is 30.7 Å². The molecule has 3 aromatic rings. The molecule has 10 nitrogen and oxygen atoms in total. The minimum Gasteiger partial charge on any atom is -0.350 e. The van der Waals surface area contributed by atoms with Gasteiger partial charge in [0.05, 0.1) is 24.1 Å². The Morgan fingerprint density at radius 3 is 2.84 bits per heavy atom. The fourth-order valence-corrected chi connectivity index (χ4v) is 4.12. The summed E-state index contributed by atoms with van der Waals surface area (Å²) in [5, 5.41) is 14.5. The first-order valence-electron chi connectivity index (χ1n) is 10.4. The molecule has 0 saturated carbocycles. The van der Waals surface area contributed by atoms with E-state index in [0.717, 1.165) is 38.2 Å². The number of aryl methyl sites for hydroxylation is 1. The lowest BCUT2D eigenvalue weighted by atomic mass is 10.1. The van der Waals surface area contributed by atoms with Crippen molar-refractivity contribution >= 4 is 17.5 Å². The summed E-state index contributed by atoms with van der Waals surface area (Å²) >= 11 is 0. The highest BCUT2D eigenvalue weighted by atomic mass is 16.2. The Balaban J connectivity index is 1.49. The fourth-order valence-electron chi connectivity index (χ4n) is 4.12. The number of carbonyl (C=O) groups is 2. The second-order valence-electron chi connectivity index (χ2n) is 8.08. The van der Waals surface area contributed by atoms with E-state index in [9.17, 15) is 9.59 Å². The van der Waals surface area contributed by atoms with E-state index >= 15 is 0 Å². The van der Waals surface area contributed by atoms with E-state index < -0.39 is 5.91 Å². The second-order valence-corrected chi connectivity index (χ2v) is 8.08. The van der Waals surface area contributed by atoms with E-state index in [-0.39, 0.29) is 17.3 Å². The summed E-state index contributed by atoms with van der Waals surface area (Å²) in [5.74, 6) is -0.300. The molecule has 1 saturated heterocycles. The molecule has 2 aliphatic heterocycles. The number of carbonyl (C=O) groups excluding carboxylic acids is 2. The molecule has 2 atom stereocenters. The summed E-state index contributed by atoms with van der Waals surface area (Å²) in [6, 6.07) is 5.28. The van der Waals surface area contributed by atoms with Gasteiger partial charge in [-0.05, 0) is 31.0 Å². The Kier molecular flexibility index (Phi) is 4.99. The number of amides is 2. The highest BCUT2D eigenvalue weighted by Crippen LogP contribution is 2.20. The van der Waals surface area contributed by atoms with Crippen LogP contribution in [0.2, 0.25) is 0 Å². The number of rotatable bonds is 0. The Labute approximate surface area is 179 Å². The molecule has 5 heterocycles. The maximum absolute atomic E-state index is 12.8. The smallest absolute Gasteiger partial charge is 0.274 e. The third-order valence-corrected chi connectivity index (χ3v) is 5.77. The lowest BCUT2D eigenvalue weighted by Gasteiger charge is -2.16. The molecule has 31 heavy (non-hydrogen) atoms. The molecule has 1 fully saturated rings. The van der Waals surface area contributed by atoms with Crippen LogP contribution >= 0.6 is 0 Å². The Hall–Kier alpha value is -3.53. The fraction of sp³-hybridized carbons (Fsp3) is 0.381. The van der Waals surface area contributed by atoms with E-state index in [4.69, 9.17) is 0 Å². The van der Waals surface area contributed by atoms with Crippen molar-refractivity contribution < 1.29 is 9.59 Å². The second kappa shape index (κ2) is 7.95. The van der Waals surface area contributed by atoms with E-state index in [1.807, 2.05) is 16.9 Å². The molecule has 0 spiro atoms. The summed E-state index contributed by atoms with van der Waals surface area (Å²) in [5.41, 5.74) is 2.34. The molecule has 2 unspecified atom stereocenters. The Morgan fingerprint density at radius 2 is 1.94 bits per heavy atom. The van der Waals surface area contributed by atoms with Gasteiger partial charge < -0.3 is 15.5 Å². The summed E-state index contributed by atoms with van der Waals surface area (Å²) < 4.78 is 3.42. The van der Waals surface area contributed by atoms with Crippen molar-refractivity contribution in [1.29, 1.82) is 0 Å². The molecule has 5 rings (SSSR count). The van der Waals surface area contributed by atoms with Crippen molar-refractivity contribution in [3.05, 3.63) is 48.2 Å². The monoisotopic (exact) mass is 420 g/mol. The summed E-state index contributed by atoms with van der Waals surface area (Å²) in [6.07, 6.45) is 6.38. The highest BCUT2D eigenvalue weighted by molar-refractivity contribution is 6.07. The molecule has 2 aliphatic rings. The molecule has 2 N–H and O–H groups in total. The molecule has 2 amide bonds. The van der Waals surface area contributed by atoms with Crippen LogP contribution in [0.4, 0.5) is 5.69 Å². The Bertz CT molecular complexity index is 1130. The number of hydrogen-bond acceptors (Lipinski definition) is 6. The van der Waals surface area contributed by atoms with Crippen LogP contribution in [0.1, 0.15) is 27.4 Å². The van der Waals surface area contributed by atoms with Gasteiger partial charge in [-0.2, -0.15) is 10.2 Å². The van der Waals surface area contributed by atoms with Crippen LogP contribution in [0.3, 0.4) is 0 Å². The first-order valence-corrected chi connectivity index (χ1v) is 10.4. The Morgan fingerprint density at radius 1 is 1.06 bits per heavy atom. The molecule has 3 aromatic heterocycles. The first kappa shape index (κ1) is 19.4. The molecule has 0 aliphatic carbocycles. The largest absolute Gasteiger partial charge is 0.350 e. The number of nitrogens with one attached hydrogen (secondary N) is 2. The van der Waals surface area contributed by atoms with Crippen molar-refractivity contribution in [3.63, 3.8) is 0 Å². The third kappa shape index (κ3) is 4.06. The maximum Gasteiger partial charge on any atom is 0.274 e. The number of hydrogen-bond donors (Lipinski definition) is 2. The zero-order valence-corrected chi connectivity index (χ0v) is 17.3. The predicted octanol–water partition coefficient (Wildman–Crippen LogP) is 0.996. The van der Waals surface area contributed by atoms with Crippen LogP contribution < -0.4 is 10.6 Å². The normalized spacial score (nSPS) is 21.6. The van der Waals surface area contributed by atoms with Gasteiger partial charge in [0.25, 0.3) is 11.8 Å². The van der Waals surface area contributed by atoms with Gasteiger partial charge in [0.1, 0.15) is 5.69 Å². The van der Waals surface area contributed by atoms with Gasteiger partial charge >= 0.3 is 0 Å². The number of nitrogens with zero attached hydrogens (tertiary/aromatic N) is 6. The summed E-state index contributed by atoms with van der Waals surface area (Å²) in [7, 11) is 1.72. The molecular weight excluding hydrogens is 396 g/mol. The minimum atomic E-state index is -0.399. The quantitative estimate of drug-likeness (QED) is 0.561. The van der Waals surface area contributed by atoms with Crippen LogP contribution in [-0.2, 0) is 13.6 Å². The topological polar surface area (TPSA) is 110 Å². The molecule has 0 radical (unpaired) electrons. The molecule has 0 aromatic carbocycles. The van der Waals surface area contributed by atoms with Gasteiger partial charge in [-0.25, -0.2) is 4.98 Å². The van der Waals surface area contributed by atoms with Crippen LogP contribution in [0.5, 0.6) is 0 Å². The standard InChI is InChI=1S/C21H24N8O2/c1-27-13-18-19(26-27)21(31)22-9-14-5-6-28(11-14)7-8-29-12-15(10-23-29)16-3-2-4-17(24-16)20(30)25-18/h2-4,10,12-14H,5-9,11H2,1H3,(H,22,31)(H,25,30). The first-order chi connectivity index (χ1) is 15.0. The SMILES string of the molecule is Cn1cc2c(n1)C(=O)NCC1CCN(CCn3cc(cn3)-c3cccc(n3)C(=O)N2)C1. The van der Waals surface area contributed by atoms with Gasteiger partial charge in [0.15, 0.2) is 5.69 Å². The van der Waals surface area contributed by atoms with Crippen molar-refractivity contribution in [2.45, 2.75) is 13.0 Å². The molecular formula is C21H24N8O2. The zero-order chi connectivity index (χ0) is 21.4. The third-order valence-electron chi connectivity index (χ3n) is 5.77. The lowest BCUT2D eigenvalue weighted by molar-refractivity contribution is 0.0942. The zero-order valence-electron chi connectivity index (χ0n) is 17.3. The van der Waals surface area contributed by atoms with Crippen molar-refractivity contribution in [2.75, 3.05) is 31.5 Å². The summed E-state index contributed by atoms with van der Waals surface area (Å²) in [6.45, 7) is 4.18. The number of anilines is 1. The average Bonchev–Trinajstić information content (AvgIpc) is 3.50. The molecule has 160 valence electrons. The average molecular weight is 420 g/mol. The summed E-state index contributed by atoms with van der Waals surface area (Å²) in [4.78, 5) is 32.5. The molecule has 10 heteroatoms. The number of pyridine rings is 1. The van der Waals surface area contributed by atoms with Crippen molar-refractivity contribution in [1.82, 2.24) is 34.8 Å². The predicted molar refractivity (Wildman–Crippen MR) is 113 cm³/mol. The van der Waals surface area contributed by atoms with Gasteiger partial charge in [0.2, 0.25) is 0 Å². The van der Waals surface area contributed by atoms with Crippen LogP contribution in [-0.4, -0.2) is 67.4 Å². The molecule has 6 bridgehead atoms. The van der Waals surface area contributed by atoms with Gasteiger partial charge in [0, 0.05) is 44.6 Å².